The van der Waals surface area contributed by atoms with Crippen molar-refractivity contribution in [2.24, 2.45) is 22.7 Å². The van der Waals surface area contributed by atoms with Crippen LogP contribution >= 0.6 is 0 Å². The molecule has 0 bridgehead atoms. The molecule has 3 aliphatic rings. The maximum absolute atomic E-state index is 11.5. The van der Waals surface area contributed by atoms with E-state index in [2.05, 4.69) is 50.0 Å². The maximum atomic E-state index is 11.5. The number of hydrogen-bond acceptors (Lipinski definition) is 3. The molecule has 0 saturated heterocycles. The van der Waals surface area contributed by atoms with Crippen molar-refractivity contribution in [3.05, 3.63) is 47.8 Å². The van der Waals surface area contributed by atoms with Gasteiger partial charge in [0, 0.05) is 25.7 Å². The molecule has 0 radical (unpaired) electrons. The van der Waals surface area contributed by atoms with Crippen LogP contribution in [0.15, 0.2) is 42.3 Å². The van der Waals surface area contributed by atoms with Gasteiger partial charge in [-0.15, -0.1) is 0 Å². The lowest BCUT2D eigenvalue weighted by molar-refractivity contribution is -0.147. The fourth-order valence-corrected chi connectivity index (χ4v) is 6.61. The number of esters is 1. The van der Waals surface area contributed by atoms with E-state index in [4.69, 9.17) is 4.74 Å². The van der Waals surface area contributed by atoms with Gasteiger partial charge in [0.25, 0.3) is 0 Å². The topological polar surface area (TPSA) is 39.2 Å². The Hall–Kier alpha value is -1.90. The summed E-state index contributed by atoms with van der Waals surface area (Å²) in [6.07, 6.45) is 18.0. The lowest BCUT2D eigenvalue weighted by atomic mass is 9.61. The highest BCUT2D eigenvalue weighted by molar-refractivity contribution is 5.72. The number of ether oxygens (including phenoxy) is 1. The van der Waals surface area contributed by atoms with E-state index in [1.807, 2.05) is 12.4 Å². The fourth-order valence-electron chi connectivity index (χ4n) is 6.61. The van der Waals surface area contributed by atoms with Crippen LogP contribution in [0.3, 0.4) is 0 Å². The summed E-state index contributed by atoms with van der Waals surface area (Å²) in [5.74, 6) is 1.15. The smallest absolute Gasteiger partial charge is 0.302 e. The molecule has 162 valence electrons. The fraction of sp³-hybridized carbons (Fsp3) is 0.630. The first-order chi connectivity index (χ1) is 14.3. The SMILES string of the molecule is CC(=O)O[C@H]1CC[C@]2(C)CCC[C@]3(C)C(c4cccnc4)=CC[C@H]3[C@@H](C)C/C=C\2C1. The summed E-state index contributed by atoms with van der Waals surface area (Å²) in [4.78, 5) is 15.9. The summed E-state index contributed by atoms with van der Waals surface area (Å²) in [6.45, 7) is 8.92. The van der Waals surface area contributed by atoms with Crippen molar-refractivity contribution in [2.75, 3.05) is 0 Å². The summed E-state index contributed by atoms with van der Waals surface area (Å²) >= 11 is 0. The van der Waals surface area contributed by atoms with Gasteiger partial charge in [-0.3, -0.25) is 9.78 Å². The van der Waals surface area contributed by atoms with Gasteiger partial charge in [0.1, 0.15) is 6.10 Å². The van der Waals surface area contributed by atoms with E-state index < -0.39 is 0 Å². The maximum Gasteiger partial charge on any atom is 0.302 e. The predicted octanol–water partition coefficient (Wildman–Crippen LogP) is 6.75. The molecule has 5 atom stereocenters. The highest BCUT2D eigenvalue weighted by Crippen LogP contribution is 2.57. The zero-order valence-electron chi connectivity index (χ0n) is 19.1. The van der Waals surface area contributed by atoms with Crippen molar-refractivity contribution < 1.29 is 9.53 Å². The molecule has 3 nitrogen and oxygen atoms in total. The van der Waals surface area contributed by atoms with Crippen molar-refractivity contribution >= 4 is 11.5 Å². The number of hydrogen-bond donors (Lipinski definition) is 0. The average molecular weight is 408 g/mol. The minimum absolute atomic E-state index is 0.0654. The number of carbonyl (C=O) groups excluding carboxylic acids is 1. The van der Waals surface area contributed by atoms with Gasteiger partial charge in [-0.1, -0.05) is 51.0 Å². The van der Waals surface area contributed by atoms with Crippen LogP contribution in [-0.2, 0) is 9.53 Å². The quantitative estimate of drug-likeness (QED) is 0.402. The Balaban J connectivity index is 1.59. The van der Waals surface area contributed by atoms with Gasteiger partial charge in [0.2, 0.25) is 0 Å². The number of aromatic nitrogens is 1. The van der Waals surface area contributed by atoms with E-state index in [9.17, 15) is 4.79 Å². The summed E-state index contributed by atoms with van der Waals surface area (Å²) in [5.41, 5.74) is 4.82. The van der Waals surface area contributed by atoms with E-state index >= 15 is 0 Å². The number of pyridine rings is 1. The molecule has 0 spiro atoms. The lowest BCUT2D eigenvalue weighted by Gasteiger charge is -2.44. The average Bonchev–Trinajstić information content (AvgIpc) is 3.05. The standard InChI is InChI=1S/C27H37NO2/c1-19-8-9-22-17-23(30-20(2)29)12-15-26(22,3)13-6-14-27(4)24(19)10-11-25(27)21-7-5-16-28-18-21/h5,7,9,11,16,18-19,23-24H,6,8,10,12-15,17H2,1-4H3/b22-9-/t19-,23-,24-,26-,27-/m0/s1. The first-order valence-electron chi connectivity index (χ1n) is 11.8. The first-order valence-corrected chi connectivity index (χ1v) is 11.8. The van der Waals surface area contributed by atoms with Crippen LogP contribution in [0.4, 0.5) is 0 Å². The van der Waals surface area contributed by atoms with Crippen molar-refractivity contribution in [2.45, 2.75) is 85.2 Å². The van der Waals surface area contributed by atoms with E-state index in [1.165, 1.54) is 49.3 Å². The van der Waals surface area contributed by atoms with Gasteiger partial charge in [-0.05, 0) is 78.4 Å². The van der Waals surface area contributed by atoms with Crippen LogP contribution in [0, 0.1) is 22.7 Å². The van der Waals surface area contributed by atoms with Crippen LogP contribution < -0.4 is 0 Å². The molecule has 3 heteroatoms. The Bertz CT molecular complexity index is 842. The van der Waals surface area contributed by atoms with Crippen LogP contribution in [0.1, 0.15) is 84.6 Å². The van der Waals surface area contributed by atoms with Gasteiger partial charge < -0.3 is 4.74 Å². The summed E-state index contributed by atoms with van der Waals surface area (Å²) in [5, 5.41) is 0. The zero-order chi connectivity index (χ0) is 21.4. The highest BCUT2D eigenvalue weighted by atomic mass is 16.5. The van der Waals surface area contributed by atoms with E-state index in [1.54, 1.807) is 0 Å². The molecule has 1 saturated carbocycles. The third-order valence-corrected chi connectivity index (χ3v) is 8.40. The second-order valence-corrected chi connectivity index (χ2v) is 10.4. The number of carbonyl (C=O) groups is 1. The van der Waals surface area contributed by atoms with E-state index in [-0.39, 0.29) is 22.9 Å². The van der Waals surface area contributed by atoms with Crippen molar-refractivity contribution in [3.8, 4) is 0 Å². The van der Waals surface area contributed by atoms with Crippen LogP contribution in [0.5, 0.6) is 0 Å². The Morgan fingerprint density at radius 1 is 1.17 bits per heavy atom. The Morgan fingerprint density at radius 2 is 2.00 bits per heavy atom. The van der Waals surface area contributed by atoms with Gasteiger partial charge in [-0.25, -0.2) is 0 Å². The van der Waals surface area contributed by atoms with E-state index in [0.717, 1.165) is 25.7 Å². The number of fused-ring (bicyclic) bond motifs is 2. The molecule has 1 fully saturated rings. The highest BCUT2D eigenvalue weighted by Gasteiger charge is 2.45. The summed E-state index contributed by atoms with van der Waals surface area (Å²) in [7, 11) is 0. The molecule has 0 unspecified atom stereocenters. The molecule has 0 aliphatic heterocycles. The third-order valence-electron chi connectivity index (χ3n) is 8.40. The molecular formula is C27H37NO2. The molecule has 3 aliphatic carbocycles. The molecule has 0 amide bonds. The van der Waals surface area contributed by atoms with Crippen molar-refractivity contribution in [1.29, 1.82) is 0 Å². The number of nitrogens with zero attached hydrogens (tertiary/aromatic N) is 1. The molecule has 1 aromatic heterocycles. The lowest BCUT2D eigenvalue weighted by Crippen LogP contribution is -2.35. The number of rotatable bonds is 2. The molecular weight excluding hydrogens is 370 g/mol. The Labute approximate surface area is 182 Å². The van der Waals surface area contributed by atoms with E-state index in [0.29, 0.717) is 11.8 Å². The van der Waals surface area contributed by atoms with Crippen molar-refractivity contribution in [3.63, 3.8) is 0 Å². The Morgan fingerprint density at radius 3 is 2.73 bits per heavy atom. The van der Waals surface area contributed by atoms with Crippen LogP contribution in [0.2, 0.25) is 0 Å². The summed E-state index contributed by atoms with van der Waals surface area (Å²) < 4.78 is 5.59. The van der Waals surface area contributed by atoms with Gasteiger partial charge >= 0.3 is 5.97 Å². The molecule has 30 heavy (non-hydrogen) atoms. The Kier molecular flexibility index (Phi) is 5.92. The zero-order valence-corrected chi connectivity index (χ0v) is 19.1. The largest absolute Gasteiger partial charge is 0.462 e. The molecule has 1 heterocycles. The van der Waals surface area contributed by atoms with Crippen molar-refractivity contribution in [1.82, 2.24) is 4.98 Å². The monoisotopic (exact) mass is 407 g/mol. The van der Waals surface area contributed by atoms with Crippen LogP contribution in [0.25, 0.3) is 5.57 Å². The second-order valence-electron chi connectivity index (χ2n) is 10.4. The van der Waals surface area contributed by atoms with Crippen LogP contribution in [-0.4, -0.2) is 17.1 Å². The second kappa shape index (κ2) is 8.32. The molecule has 1 aromatic rings. The third kappa shape index (κ3) is 4.00. The van der Waals surface area contributed by atoms with Gasteiger partial charge in [-0.2, -0.15) is 0 Å². The minimum Gasteiger partial charge on any atom is -0.462 e. The summed E-state index contributed by atoms with van der Waals surface area (Å²) in [6, 6.07) is 4.29. The normalized spacial score (nSPS) is 38.5. The first kappa shape index (κ1) is 21.3. The molecule has 0 N–H and O–H groups in total. The minimum atomic E-state index is -0.145. The predicted molar refractivity (Wildman–Crippen MR) is 122 cm³/mol. The molecule has 4 rings (SSSR count). The van der Waals surface area contributed by atoms with Gasteiger partial charge in [0.15, 0.2) is 0 Å². The van der Waals surface area contributed by atoms with Gasteiger partial charge in [0.05, 0.1) is 0 Å². The molecule has 0 aromatic carbocycles. The number of allylic oxidation sites excluding steroid dienone is 3.